The lowest BCUT2D eigenvalue weighted by Crippen LogP contribution is -2.11. The van der Waals surface area contributed by atoms with Gasteiger partial charge in [-0.05, 0) is 72.7 Å². The third-order valence-corrected chi connectivity index (χ3v) is 5.39. The minimum Gasteiger partial charge on any atom is -0.478 e. The van der Waals surface area contributed by atoms with Crippen molar-refractivity contribution in [3.05, 3.63) is 86.1 Å². The topological polar surface area (TPSA) is 50.2 Å². The van der Waals surface area contributed by atoms with E-state index in [9.17, 15) is 9.90 Å². The summed E-state index contributed by atoms with van der Waals surface area (Å²) < 4.78 is 0. The van der Waals surface area contributed by atoms with Gasteiger partial charge in [-0.25, -0.2) is 4.79 Å². The van der Waals surface area contributed by atoms with Gasteiger partial charge in [-0.2, -0.15) is 0 Å². The van der Waals surface area contributed by atoms with Gasteiger partial charge in [0.15, 0.2) is 0 Å². The van der Waals surface area contributed by atoms with Gasteiger partial charge in [0.2, 0.25) is 0 Å². The molecule has 3 aromatic rings. The van der Waals surface area contributed by atoms with Crippen LogP contribution in [0.5, 0.6) is 0 Å². The van der Waals surface area contributed by atoms with Gasteiger partial charge in [0.05, 0.1) is 11.3 Å². The second-order valence-corrected chi connectivity index (χ2v) is 8.98. The fourth-order valence-corrected chi connectivity index (χ4v) is 4.20. The van der Waals surface area contributed by atoms with Crippen LogP contribution in [0, 0.1) is 5.92 Å². The molecular formula is C24H22Cl3NO2. The molecule has 1 heterocycles. The fourth-order valence-electron chi connectivity index (χ4n) is 3.44. The van der Waals surface area contributed by atoms with Gasteiger partial charge in [-0.1, -0.05) is 60.8 Å². The Morgan fingerprint density at radius 3 is 2.23 bits per heavy atom. The van der Waals surface area contributed by atoms with Crippen LogP contribution in [0.4, 0.5) is 0 Å². The molecule has 0 aliphatic rings. The zero-order valence-electron chi connectivity index (χ0n) is 16.8. The lowest BCUT2D eigenvalue weighted by Gasteiger charge is -2.16. The summed E-state index contributed by atoms with van der Waals surface area (Å²) in [4.78, 5) is 16.8. The standard InChI is InChI=1S/C24H22Cl3NO2/c1-14(2)8-23-20(16-4-3-5-17(25)11-16)13-21(24(29)30)22(28-23)7-6-15-9-18(26)12-19(27)10-15/h3-5,9-14H,6-8H2,1-2H3,(H,29,30). The molecule has 0 radical (unpaired) electrons. The molecule has 0 saturated heterocycles. The average Bonchev–Trinajstić information content (AvgIpc) is 2.65. The minimum absolute atomic E-state index is 0.200. The molecule has 1 aromatic heterocycles. The molecule has 3 rings (SSSR count). The number of carbonyl (C=O) groups is 1. The Bertz CT molecular complexity index is 1060. The first-order valence-corrected chi connectivity index (χ1v) is 10.8. The van der Waals surface area contributed by atoms with E-state index in [-0.39, 0.29) is 5.56 Å². The van der Waals surface area contributed by atoms with Gasteiger partial charge in [-0.15, -0.1) is 0 Å². The molecule has 0 fully saturated rings. The summed E-state index contributed by atoms with van der Waals surface area (Å²) in [5.41, 5.74) is 4.23. The highest BCUT2D eigenvalue weighted by atomic mass is 35.5. The van der Waals surface area contributed by atoms with Crippen molar-refractivity contribution in [2.24, 2.45) is 5.92 Å². The largest absolute Gasteiger partial charge is 0.478 e. The molecule has 1 N–H and O–H groups in total. The zero-order valence-corrected chi connectivity index (χ0v) is 19.0. The van der Waals surface area contributed by atoms with Crippen LogP contribution in [0.15, 0.2) is 48.5 Å². The van der Waals surface area contributed by atoms with E-state index in [1.165, 1.54) is 0 Å². The van der Waals surface area contributed by atoms with Gasteiger partial charge in [0.1, 0.15) is 0 Å². The number of rotatable bonds is 7. The van der Waals surface area contributed by atoms with Crippen molar-refractivity contribution < 1.29 is 9.90 Å². The monoisotopic (exact) mass is 461 g/mol. The summed E-state index contributed by atoms with van der Waals surface area (Å²) in [7, 11) is 0. The molecule has 0 aliphatic heterocycles. The van der Waals surface area contributed by atoms with Crippen molar-refractivity contribution in [2.75, 3.05) is 0 Å². The molecule has 6 heteroatoms. The lowest BCUT2D eigenvalue weighted by atomic mass is 9.94. The molecule has 3 nitrogen and oxygen atoms in total. The number of aromatic carboxylic acids is 1. The van der Waals surface area contributed by atoms with Crippen LogP contribution >= 0.6 is 34.8 Å². The Kier molecular flexibility index (Phi) is 7.41. The maximum atomic E-state index is 12.0. The molecule has 30 heavy (non-hydrogen) atoms. The predicted octanol–water partition coefficient (Wildman–Crippen LogP) is 7.39. The van der Waals surface area contributed by atoms with Crippen molar-refractivity contribution in [3.8, 4) is 11.1 Å². The van der Waals surface area contributed by atoms with Crippen molar-refractivity contribution in [1.82, 2.24) is 4.98 Å². The number of halogens is 3. The van der Waals surface area contributed by atoms with E-state index in [1.807, 2.05) is 30.3 Å². The van der Waals surface area contributed by atoms with Gasteiger partial charge >= 0.3 is 5.97 Å². The van der Waals surface area contributed by atoms with Crippen LogP contribution in [-0.2, 0) is 19.3 Å². The quantitative estimate of drug-likeness (QED) is 0.398. The molecule has 0 amide bonds. The van der Waals surface area contributed by atoms with Gasteiger partial charge in [0.25, 0.3) is 0 Å². The first-order valence-electron chi connectivity index (χ1n) is 9.70. The average molecular weight is 463 g/mol. The van der Waals surface area contributed by atoms with Crippen LogP contribution in [0.1, 0.15) is 41.2 Å². The SMILES string of the molecule is CC(C)Cc1nc(CCc2cc(Cl)cc(Cl)c2)c(C(=O)O)cc1-c1cccc(Cl)c1. The van der Waals surface area contributed by atoms with Gasteiger partial charge < -0.3 is 5.11 Å². The maximum absolute atomic E-state index is 12.0. The molecule has 0 atom stereocenters. The third-order valence-electron chi connectivity index (χ3n) is 4.72. The van der Waals surface area contributed by atoms with Crippen LogP contribution in [-0.4, -0.2) is 16.1 Å². The van der Waals surface area contributed by atoms with Gasteiger partial charge in [0, 0.05) is 26.3 Å². The Morgan fingerprint density at radius 1 is 0.933 bits per heavy atom. The number of carboxylic acid groups (broad SMARTS) is 1. The number of aromatic nitrogens is 1. The van der Waals surface area contributed by atoms with Crippen LogP contribution in [0.3, 0.4) is 0 Å². The molecule has 156 valence electrons. The van der Waals surface area contributed by atoms with Crippen molar-refractivity contribution in [2.45, 2.75) is 33.1 Å². The normalized spacial score (nSPS) is 11.1. The van der Waals surface area contributed by atoms with Crippen LogP contribution in [0.25, 0.3) is 11.1 Å². The first-order chi connectivity index (χ1) is 14.2. The van der Waals surface area contributed by atoms with E-state index in [2.05, 4.69) is 13.8 Å². The minimum atomic E-state index is -0.999. The highest BCUT2D eigenvalue weighted by Gasteiger charge is 2.19. The van der Waals surface area contributed by atoms with Crippen molar-refractivity contribution in [1.29, 1.82) is 0 Å². The van der Waals surface area contributed by atoms with Crippen LogP contribution < -0.4 is 0 Å². The van der Waals surface area contributed by atoms with E-state index in [1.54, 1.807) is 18.2 Å². The van der Waals surface area contributed by atoms with Gasteiger partial charge in [-0.3, -0.25) is 4.98 Å². The molecule has 0 saturated carbocycles. The lowest BCUT2D eigenvalue weighted by molar-refractivity contribution is 0.0695. The number of nitrogens with zero attached hydrogens (tertiary/aromatic N) is 1. The molecule has 0 spiro atoms. The number of aryl methyl sites for hydroxylation is 2. The Morgan fingerprint density at radius 2 is 1.63 bits per heavy atom. The second-order valence-electron chi connectivity index (χ2n) is 7.67. The summed E-state index contributed by atoms with van der Waals surface area (Å²) >= 11 is 18.4. The first kappa shape index (κ1) is 22.6. The van der Waals surface area contributed by atoms with E-state index in [0.717, 1.165) is 28.8 Å². The second kappa shape index (κ2) is 9.82. The summed E-state index contributed by atoms with van der Waals surface area (Å²) in [5, 5.41) is 11.6. The number of benzene rings is 2. The van der Waals surface area contributed by atoms with Crippen LogP contribution in [0.2, 0.25) is 15.1 Å². The van der Waals surface area contributed by atoms with E-state index in [4.69, 9.17) is 39.8 Å². The Hall–Kier alpha value is -2.07. The highest BCUT2D eigenvalue weighted by molar-refractivity contribution is 6.34. The fraction of sp³-hybridized carbons (Fsp3) is 0.250. The molecule has 0 bridgehead atoms. The summed E-state index contributed by atoms with van der Waals surface area (Å²) in [6, 6.07) is 14.5. The van der Waals surface area contributed by atoms with Crippen molar-refractivity contribution in [3.63, 3.8) is 0 Å². The smallest absolute Gasteiger partial charge is 0.337 e. The maximum Gasteiger partial charge on any atom is 0.337 e. The number of carboxylic acids is 1. The summed E-state index contributed by atoms with van der Waals surface area (Å²) in [6.45, 7) is 4.23. The number of pyridine rings is 1. The summed E-state index contributed by atoms with van der Waals surface area (Å²) in [6.07, 6.45) is 1.79. The number of hydrogen-bond donors (Lipinski definition) is 1. The van der Waals surface area contributed by atoms with E-state index < -0.39 is 5.97 Å². The molecule has 0 aliphatic carbocycles. The van der Waals surface area contributed by atoms with E-state index >= 15 is 0 Å². The molecule has 0 unspecified atom stereocenters. The van der Waals surface area contributed by atoms with E-state index in [0.29, 0.717) is 39.5 Å². The predicted molar refractivity (Wildman–Crippen MR) is 124 cm³/mol. The third kappa shape index (κ3) is 5.75. The number of hydrogen-bond acceptors (Lipinski definition) is 2. The molecular weight excluding hydrogens is 441 g/mol. The van der Waals surface area contributed by atoms with Crippen molar-refractivity contribution >= 4 is 40.8 Å². The zero-order chi connectivity index (χ0) is 21.8. The Balaban J connectivity index is 2.04. The summed E-state index contributed by atoms with van der Waals surface area (Å²) in [5.74, 6) is -0.633. The Labute approximate surface area is 191 Å². The molecule has 2 aromatic carbocycles. The highest BCUT2D eigenvalue weighted by Crippen LogP contribution is 2.30.